The van der Waals surface area contributed by atoms with E-state index in [-0.39, 0.29) is 0 Å². The summed E-state index contributed by atoms with van der Waals surface area (Å²) in [6, 6.07) is 6.16. The highest BCUT2D eigenvalue weighted by Gasteiger charge is 2.08. The van der Waals surface area contributed by atoms with Gasteiger partial charge in [0.15, 0.2) is 0 Å². The molecule has 0 aliphatic carbocycles. The van der Waals surface area contributed by atoms with Gasteiger partial charge in [0, 0.05) is 0 Å². The third-order valence-corrected chi connectivity index (χ3v) is 4.18. The molecule has 0 aromatic carbocycles. The van der Waals surface area contributed by atoms with Gasteiger partial charge in [-0.3, -0.25) is 4.98 Å². The fourth-order valence-corrected chi connectivity index (χ4v) is 2.76. The summed E-state index contributed by atoms with van der Waals surface area (Å²) in [5.74, 6) is 6.54. The molecule has 1 aromatic heterocycles. The van der Waals surface area contributed by atoms with Gasteiger partial charge in [-0.05, 0) is 12.1 Å². The lowest BCUT2D eigenvalue weighted by atomic mass is 10.2. The Bertz CT molecular complexity index is 520. The van der Waals surface area contributed by atoms with Crippen molar-refractivity contribution in [2.24, 2.45) is 0 Å². The van der Waals surface area contributed by atoms with Gasteiger partial charge in [-0.2, -0.15) is 0 Å². The van der Waals surface area contributed by atoms with Gasteiger partial charge in [-0.25, -0.2) is 0 Å². The minimum absolute atomic E-state index is 0.750. The molecular formula is C17H25NSi2. The molecule has 0 N–H and O–H groups in total. The molecule has 1 heterocycles. The van der Waals surface area contributed by atoms with Crippen LogP contribution in [0.15, 0.2) is 18.2 Å². The van der Waals surface area contributed by atoms with Crippen LogP contribution in [0.1, 0.15) is 11.4 Å². The van der Waals surface area contributed by atoms with Crippen LogP contribution in [0.2, 0.25) is 39.3 Å². The van der Waals surface area contributed by atoms with Crippen LogP contribution in [0.25, 0.3) is 0 Å². The maximum Gasteiger partial charge on any atom is 0.129 e. The van der Waals surface area contributed by atoms with Crippen molar-refractivity contribution in [3.63, 3.8) is 0 Å². The average Bonchev–Trinajstić information content (AvgIpc) is 2.26. The highest BCUT2D eigenvalue weighted by Crippen LogP contribution is 2.03. The maximum absolute atomic E-state index is 4.64. The third kappa shape index (κ3) is 7.99. The smallest absolute Gasteiger partial charge is 0.129 e. The number of aromatic nitrogens is 1. The number of rotatable bonds is 2. The summed E-state index contributed by atoms with van der Waals surface area (Å²) in [6.45, 7) is 13.6. The van der Waals surface area contributed by atoms with E-state index in [1.54, 1.807) is 0 Å². The highest BCUT2D eigenvalue weighted by atomic mass is 28.3. The zero-order valence-electron chi connectivity index (χ0n) is 13.6. The predicted octanol–water partition coefficient (Wildman–Crippen LogP) is 3.93. The van der Waals surface area contributed by atoms with E-state index in [0.717, 1.165) is 24.2 Å². The largest absolute Gasteiger partial charge is 0.256 e. The van der Waals surface area contributed by atoms with Crippen LogP contribution < -0.4 is 0 Å². The van der Waals surface area contributed by atoms with Crippen molar-refractivity contribution in [2.45, 2.75) is 52.1 Å². The van der Waals surface area contributed by atoms with E-state index in [4.69, 9.17) is 0 Å². The van der Waals surface area contributed by atoms with Crippen molar-refractivity contribution < 1.29 is 0 Å². The van der Waals surface area contributed by atoms with Crippen molar-refractivity contribution >= 4 is 16.1 Å². The third-order valence-electron chi connectivity index (χ3n) is 2.33. The second-order valence-electron chi connectivity index (χ2n) is 7.08. The Morgan fingerprint density at radius 2 is 1.20 bits per heavy atom. The lowest BCUT2D eigenvalue weighted by Crippen LogP contribution is -2.16. The van der Waals surface area contributed by atoms with Crippen LogP contribution in [0.4, 0.5) is 0 Å². The van der Waals surface area contributed by atoms with Crippen LogP contribution >= 0.6 is 0 Å². The van der Waals surface area contributed by atoms with Crippen molar-refractivity contribution in [1.82, 2.24) is 4.98 Å². The molecule has 0 saturated heterocycles. The van der Waals surface area contributed by atoms with Gasteiger partial charge < -0.3 is 0 Å². The molecule has 0 aliphatic rings. The van der Waals surface area contributed by atoms with Gasteiger partial charge in [0.25, 0.3) is 0 Å². The molecule has 0 bridgehead atoms. The van der Waals surface area contributed by atoms with Crippen LogP contribution in [0.3, 0.4) is 0 Å². The summed E-state index contributed by atoms with van der Waals surface area (Å²) in [4.78, 5) is 4.64. The molecule has 0 amide bonds. The Hall–Kier alpha value is -1.30. The zero-order chi connectivity index (χ0) is 15.2. The van der Waals surface area contributed by atoms with Crippen LogP contribution in [-0.4, -0.2) is 21.1 Å². The number of hydrogen-bond donors (Lipinski definition) is 0. The van der Waals surface area contributed by atoms with Gasteiger partial charge >= 0.3 is 0 Å². The van der Waals surface area contributed by atoms with Crippen LogP contribution in [0.5, 0.6) is 0 Å². The summed E-state index contributed by atoms with van der Waals surface area (Å²) in [6.07, 6.45) is 1.50. The van der Waals surface area contributed by atoms with E-state index in [0.29, 0.717) is 0 Å². The van der Waals surface area contributed by atoms with Crippen molar-refractivity contribution in [1.29, 1.82) is 0 Å². The summed E-state index contributed by atoms with van der Waals surface area (Å²) in [5, 5.41) is 0. The monoisotopic (exact) mass is 299 g/mol. The summed E-state index contributed by atoms with van der Waals surface area (Å²) in [5.41, 5.74) is 8.88. The van der Waals surface area contributed by atoms with Gasteiger partial charge in [-0.1, -0.05) is 45.3 Å². The molecule has 0 atom stereocenters. The second kappa shape index (κ2) is 6.93. The van der Waals surface area contributed by atoms with E-state index in [1.165, 1.54) is 0 Å². The lowest BCUT2D eigenvalue weighted by molar-refractivity contribution is 1.04. The topological polar surface area (TPSA) is 12.9 Å². The van der Waals surface area contributed by atoms with E-state index in [9.17, 15) is 0 Å². The van der Waals surface area contributed by atoms with Gasteiger partial charge in [0.2, 0.25) is 0 Å². The molecule has 0 unspecified atom stereocenters. The molecule has 1 nitrogen and oxygen atoms in total. The summed E-state index contributed by atoms with van der Waals surface area (Å²) >= 11 is 0. The van der Waals surface area contributed by atoms with Crippen molar-refractivity contribution in [3.8, 4) is 22.9 Å². The van der Waals surface area contributed by atoms with Gasteiger partial charge in [0.05, 0.1) is 24.2 Å². The molecule has 1 rings (SSSR count). The average molecular weight is 300 g/mol. The second-order valence-corrected chi connectivity index (χ2v) is 16.6. The first-order valence-corrected chi connectivity index (χ1v) is 14.1. The van der Waals surface area contributed by atoms with Gasteiger partial charge in [0.1, 0.15) is 16.1 Å². The first-order valence-electron chi connectivity index (χ1n) is 7.11. The van der Waals surface area contributed by atoms with Crippen LogP contribution in [-0.2, 0) is 12.8 Å². The standard InChI is InChI=1S/C17H25NSi2/c1-19(2,3)14-8-12-16-10-7-11-17(18-16)13-9-15-20(4,5)6/h7,10-11H,12-13H2,1-6H3. The Labute approximate surface area is 126 Å². The molecule has 0 saturated carbocycles. The molecule has 20 heavy (non-hydrogen) atoms. The number of pyridine rings is 1. The zero-order valence-corrected chi connectivity index (χ0v) is 15.6. The SMILES string of the molecule is C[Si](C)(C)C#CCc1cccc(CC#C[Si](C)(C)C)n1. The molecule has 0 spiro atoms. The highest BCUT2D eigenvalue weighted by molar-refractivity contribution is 6.84. The quantitative estimate of drug-likeness (QED) is 0.595. The molecule has 1 aromatic rings. The Morgan fingerprint density at radius 3 is 1.55 bits per heavy atom. The first-order chi connectivity index (χ1) is 9.16. The minimum Gasteiger partial charge on any atom is -0.256 e. The molecule has 0 aliphatic heterocycles. The van der Waals surface area contributed by atoms with Crippen molar-refractivity contribution in [3.05, 3.63) is 29.6 Å². The van der Waals surface area contributed by atoms with E-state index < -0.39 is 16.1 Å². The summed E-state index contributed by atoms with van der Waals surface area (Å²) in [7, 11) is -2.55. The lowest BCUT2D eigenvalue weighted by Gasteiger charge is -2.04. The fraction of sp³-hybridized carbons (Fsp3) is 0.471. The predicted molar refractivity (Wildman–Crippen MR) is 93.9 cm³/mol. The molecule has 0 fully saturated rings. The molecule has 3 heteroatoms. The molecular weight excluding hydrogens is 274 g/mol. The minimum atomic E-state index is -1.27. The van der Waals surface area contributed by atoms with Crippen LogP contribution in [0, 0.1) is 22.9 Å². The Balaban J connectivity index is 2.70. The number of nitrogens with zero attached hydrogens (tertiary/aromatic N) is 1. The molecule has 106 valence electrons. The number of hydrogen-bond acceptors (Lipinski definition) is 1. The van der Waals surface area contributed by atoms with E-state index >= 15 is 0 Å². The fourth-order valence-electron chi connectivity index (χ4n) is 1.53. The molecule has 0 radical (unpaired) electrons. The normalized spacial score (nSPS) is 11.1. The Kier molecular flexibility index (Phi) is 5.80. The first kappa shape index (κ1) is 16.8. The summed E-state index contributed by atoms with van der Waals surface area (Å²) < 4.78 is 0. The van der Waals surface area contributed by atoms with Gasteiger partial charge in [-0.15, -0.1) is 22.9 Å². The maximum atomic E-state index is 4.64. The Morgan fingerprint density at radius 1 is 0.800 bits per heavy atom. The van der Waals surface area contributed by atoms with Crippen molar-refractivity contribution in [2.75, 3.05) is 0 Å². The van der Waals surface area contributed by atoms with E-state index in [2.05, 4.69) is 73.3 Å². The van der Waals surface area contributed by atoms with E-state index in [1.807, 2.05) is 12.1 Å².